The number of amides is 1. The molecule has 3 fully saturated rings. The van der Waals surface area contributed by atoms with Crippen molar-refractivity contribution in [1.82, 2.24) is 24.3 Å². The van der Waals surface area contributed by atoms with Crippen LogP contribution in [0.15, 0.2) is 55.1 Å². The zero-order chi connectivity index (χ0) is 30.4. The highest BCUT2D eigenvalue weighted by molar-refractivity contribution is 6.30. The molecule has 2 N–H and O–H groups in total. The molecular formula is C32H35ClN8O3. The number of nitrogens with zero attached hydrogens (tertiary/aromatic N) is 6. The summed E-state index contributed by atoms with van der Waals surface area (Å²) in [5, 5.41) is 6.95. The van der Waals surface area contributed by atoms with Gasteiger partial charge in [-0.15, -0.1) is 0 Å². The number of nitrogens with one attached hydrogen (secondary N) is 2. The zero-order valence-electron chi connectivity index (χ0n) is 24.7. The summed E-state index contributed by atoms with van der Waals surface area (Å²) in [6.45, 7) is 2.54. The monoisotopic (exact) mass is 614 g/mol. The number of carbonyl (C=O) groups is 2. The summed E-state index contributed by atoms with van der Waals surface area (Å²) in [5.41, 5.74) is 5.12. The van der Waals surface area contributed by atoms with Crippen LogP contribution in [0.25, 0.3) is 5.65 Å². The predicted molar refractivity (Wildman–Crippen MR) is 168 cm³/mol. The van der Waals surface area contributed by atoms with E-state index in [1.807, 2.05) is 42.4 Å². The number of likely N-dealkylation sites (N-methyl/N-ethyl adjacent to an activating group) is 1. The molecule has 3 aromatic heterocycles. The van der Waals surface area contributed by atoms with Crippen LogP contribution in [-0.2, 0) is 20.9 Å². The largest absolute Gasteiger partial charge is 0.468 e. The number of benzene rings is 1. The summed E-state index contributed by atoms with van der Waals surface area (Å²) >= 11 is 6.13. The topological polar surface area (TPSA) is 117 Å². The van der Waals surface area contributed by atoms with Gasteiger partial charge in [0.15, 0.2) is 5.65 Å². The smallest absolute Gasteiger partial charge is 0.324 e. The number of hydrogen-bond donors (Lipinski definition) is 2. The molecule has 12 heteroatoms. The van der Waals surface area contributed by atoms with Crippen molar-refractivity contribution in [3.8, 4) is 0 Å². The molecule has 0 radical (unpaired) electrons. The fourth-order valence-electron chi connectivity index (χ4n) is 6.11. The quantitative estimate of drug-likeness (QED) is 0.266. The lowest BCUT2D eigenvalue weighted by Gasteiger charge is -2.39. The van der Waals surface area contributed by atoms with Gasteiger partial charge in [0.2, 0.25) is 5.91 Å². The Morgan fingerprint density at radius 2 is 1.91 bits per heavy atom. The number of carbonyl (C=O) groups excluding carboxylic acids is 2. The number of imidazole rings is 1. The van der Waals surface area contributed by atoms with E-state index in [0.717, 1.165) is 42.1 Å². The molecular weight excluding hydrogens is 580 g/mol. The fourth-order valence-corrected chi connectivity index (χ4v) is 6.30. The predicted octanol–water partition coefficient (Wildman–Crippen LogP) is 4.30. The van der Waals surface area contributed by atoms with Gasteiger partial charge in [0, 0.05) is 49.0 Å². The van der Waals surface area contributed by atoms with Gasteiger partial charge >= 0.3 is 5.97 Å². The van der Waals surface area contributed by atoms with Gasteiger partial charge in [-0.2, -0.15) is 0 Å². The second kappa shape index (κ2) is 11.7. The molecule has 7 rings (SSSR count). The average Bonchev–Trinajstić information content (AvgIpc) is 3.96. The average molecular weight is 615 g/mol. The minimum Gasteiger partial charge on any atom is -0.468 e. The molecule has 0 bridgehead atoms. The number of aromatic nitrogens is 4. The van der Waals surface area contributed by atoms with Gasteiger partial charge < -0.3 is 24.7 Å². The molecule has 4 aromatic rings. The molecule has 1 aromatic carbocycles. The lowest BCUT2D eigenvalue weighted by atomic mass is 10.1. The molecule has 228 valence electrons. The van der Waals surface area contributed by atoms with Crippen LogP contribution in [0.2, 0.25) is 5.02 Å². The highest BCUT2D eigenvalue weighted by Gasteiger charge is 2.44. The number of rotatable bonds is 9. The maximum Gasteiger partial charge on any atom is 0.324 e. The summed E-state index contributed by atoms with van der Waals surface area (Å²) < 4.78 is 7.18. The highest BCUT2D eigenvalue weighted by Crippen LogP contribution is 2.48. The van der Waals surface area contributed by atoms with Crippen LogP contribution >= 0.6 is 11.6 Å². The maximum atomic E-state index is 12.9. The second-order valence-corrected chi connectivity index (χ2v) is 12.4. The number of pyridine rings is 1. The van der Waals surface area contributed by atoms with Gasteiger partial charge in [0.25, 0.3) is 0 Å². The first kappa shape index (κ1) is 28.5. The molecule has 11 nitrogen and oxygen atoms in total. The molecule has 1 aliphatic heterocycles. The van der Waals surface area contributed by atoms with Crippen molar-refractivity contribution in [3.63, 3.8) is 0 Å². The Labute approximate surface area is 260 Å². The van der Waals surface area contributed by atoms with Gasteiger partial charge in [-0.1, -0.05) is 23.7 Å². The van der Waals surface area contributed by atoms with Crippen molar-refractivity contribution in [1.29, 1.82) is 0 Å². The van der Waals surface area contributed by atoms with E-state index >= 15 is 0 Å². The highest BCUT2D eigenvalue weighted by atomic mass is 35.5. The van der Waals surface area contributed by atoms with E-state index in [1.54, 1.807) is 6.07 Å². The summed E-state index contributed by atoms with van der Waals surface area (Å²) in [7, 11) is 3.40. The number of anilines is 3. The van der Waals surface area contributed by atoms with Crippen molar-refractivity contribution in [2.24, 2.45) is 5.92 Å². The van der Waals surface area contributed by atoms with Gasteiger partial charge in [0.1, 0.15) is 24.0 Å². The first-order valence-corrected chi connectivity index (χ1v) is 15.4. The van der Waals surface area contributed by atoms with E-state index in [-0.39, 0.29) is 29.8 Å². The van der Waals surface area contributed by atoms with Crippen LogP contribution < -0.4 is 15.5 Å². The second-order valence-electron chi connectivity index (χ2n) is 12.0. The van der Waals surface area contributed by atoms with Crippen LogP contribution in [0, 0.1) is 5.92 Å². The van der Waals surface area contributed by atoms with E-state index in [2.05, 4.69) is 42.2 Å². The molecule has 1 saturated heterocycles. The Balaban J connectivity index is 1.04. The lowest BCUT2D eigenvalue weighted by molar-refractivity contribution is -0.146. The Bertz CT molecular complexity index is 1720. The molecule has 0 spiro atoms. The third-order valence-corrected chi connectivity index (χ3v) is 9.12. The van der Waals surface area contributed by atoms with Crippen molar-refractivity contribution >= 4 is 46.4 Å². The number of ether oxygens (including phenoxy) is 1. The summed E-state index contributed by atoms with van der Waals surface area (Å²) in [6.07, 6.45) is 8.82. The number of fused-ring (bicyclic) bond motifs is 1. The van der Waals surface area contributed by atoms with Crippen LogP contribution in [-0.4, -0.2) is 76.0 Å². The van der Waals surface area contributed by atoms with Crippen LogP contribution in [0.4, 0.5) is 17.3 Å². The third-order valence-electron chi connectivity index (χ3n) is 8.89. The van der Waals surface area contributed by atoms with Gasteiger partial charge in [-0.3, -0.25) is 14.5 Å². The molecule has 2 saturated carbocycles. The van der Waals surface area contributed by atoms with Crippen LogP contribution in [0.1, 0.15) is 47.9 Å². The van der Waals surface area contributed by atoms with Crippen LogP contribution in [0.5, 0.6) is 0 Å². The van der Waals surface area contributed by atoms with Gasteiger partial charge in [0.05, 0.1) is 25.0 Å². The minimum absolute atomic E-state index is 0.0580. The molecule has 4 heterocycles. The third kappa shape index (κ3) is 5.94. The molecule has 3 atom stereocenters. The van der Waals surface area contributed by atoms with E-state index in [1.165, 1.54) is 31.8 Å². The molecule has 1 amide bonds. The van der Waals surface area contributed by atoms with Crippen molar-refractivity contribution in [2.75, 3.05) is 49.3 Å². The van der Waals surface area contributed by atoms with Crippen molar-refractivity contribution in [2.45, 2.75) is 43.7 Å². The maximum absolute atomic E-state index is 12.9. The van der Waals surface area contributed by atoms with Gasteiger partial charge in [-0.05, 0) is 67.5 Å². The van der Waals surface area contributed by atoms with Crippen molar-refractivity contribution in [3.05, 3.63) is 77.0 Å². The SMILES string of the molecule is COC(=O)C1CN(c2cc(C3CC3)cn3cc(CNc4cc(NC(=O)[C@H]5C[C@@H]5c5cccc(Cl)c5)ncn4)nc23)CCN1C. The fraction of sp³-hybridized carbons (Fsp3) is 0.406. The molecule has 1 unspecified atom stereocenters. The lowest BCUT2D eigenvalue weighted by Crippen LogP contribution is -2.55. The Kier molecular flexibility index (Phi) is 7.59. The Morgan fingerprint density at radius 1 is 1.07 bits per heavy atom. The molecule has 2 aliphatic carbocycles. The Hall–Kier alpha value is -4.22. The Morgan fingerprint density at radius 3 is 2.70 bits per heavy atom. The van der Waals surface area contributed by atoms with E-state index < -0.39 is 0 Å². The van der Waals surface area contributed by atoms with Gasteiger partial charge in [-0.25, -0.2) is 15.0 Å². The number of halogens is 1. The first-order valence-electron chi connectivity index (χ1n) is 15.0. The summed E-state index contributed by atoms with van der Waals surface area (Å²) in [6, 6.07) is 11.3. The normalized spacial score (nSPS) is 21.7. The number of methoxy groups -OCH3 is 1. The van der Waals surface area contributed by atoms with Crippen molar-refractivity contribution < 1.29 is 14.3 Å². The first-order chi connectivity index (χ1) is 21.4. The number of esters is 1. The number of hydrogen-bond acceptors (Lipinski definition) is 9. The molecule has 3 aliphatic rings. The van der Waals surface area contributed by atoms with E-state index in [9.17, 15) is 9.59 Å². The van der Waals surface area contributed by atoms with Crippen LogP contribution in [0.3, 0.4) is 0 Å². The van der Waals surface area contributed by atoms with E-state index in [4.69, 9.17) is 21.3 Å². The number of piperazine rings is 1. The van der Waals surface area contributed by atoms with E-state index in [0.29, 0.717) is 35.7 Å². The summed E-state index contributed by atoms with van der Waals surface area (Å²) in [4.78, 5) is 43.3. The minimum atomic E-state index is -0.329. The zero-order valence-corrected chi connectivity index (χ0v) is 25.5. The molecule has 44 heavy (non-hydrogen) atoms. The standard InChI is InChI=1S/C32H35ClN8O3/c1-39-8-9-40(17-27(39)32(43)44-2)26-11-21(19-6-7-19)15-41-16-23(37-30(26)41)14-34-28-13-29(36-18-35-28)38-31(42)25-12-24(25)20-4-3-5-22(33)10-20/h3-5,10-11,13,15-16,18-19,24-25,27H,6-9,12,14,17H2,1-2H3,(H2,34,35,36,38,42)/t24-,25+,27?/m1/s1. The summed E-state index contributed by atoms with van der Waals surface area (Å²) in [5.74, 6) is 1.40.